The quantitative estimate of drug-likeness (QED) is 0.286. The van der Waals surface area contributed by atoms with Crippen LogP contribution < -0.4 is 10.2 Å². The Morgan fingerprint density at radius 3 is 2.57 bits per heavy atom. The van der Waals surface area contributed by atoms with Gasteiger partial charge in [-0.25, -0.2) is 4.98 Å². The highest BCUT2D eigenvalue weighted by Gasteiger charge is 2.28. The number of carbonyl (C=O) groups is 2. The summed E-state index contributed by atoms with van der Waals surface area (Å²) in [6, 6.07) is 19.9. The van der Waals surface area contributed by atoms with Crippen LogP contribution in [0.25, 0.3) is 10.8 Å². The van der Waals surface area contributed by atoms with Crippen LogP contribution in [-0.4, -0.2) is 64.3 Å². The maximum Gasteiger partial charge on any atom is 0.254 e. The van der Waals surface area contributed by atoms with Gasteiger partial charge in [-0.1, -0.05) is 48.9 Å². The number of hydrogen-bond acceptors (Lipinski definition) is 5. The molecule has 224 valence electrons. The number of H-pyrrole nitrogens is 1. The number of likely N-dealkylation sites (N-methyl/N-ethyl adjacent to an activating group) is 1. The summed E-state index contributed by atoms with van der Waals surface area (Å²) in [4.78, 5) is 40.7. The number of aromatic amines is 1. The molecule has 1 saturated heterocycles. The number of nitrogens with zero attached hydrogens (tertiary/aromatic N) is 4. The summed E-state index contributed by atoms with van der Waals surface area (Å²) in [5.74, 6) is 0.0671. The second-order valence-electron chi connectivity index (χ2n) is 10.6. The third kappa shape index (κ3) is 7.01. The average molecular weight is 632 g/mol. The van der Waals surface area contributed by atoms with E-state index >= 15 is 0 Å². The minimum Gasteiger partial charge on any atom is -0.364 e. The molecule has 2 amide bonds. The van der Waals surface area contributed by atoms with Gasteiger partial charge in [0.25, 0.3) is 5.91 Å². The topological polar surface area (TPSA) is 84.6 Å². The van der Waals surface area contributed by atoms with Crippen molar-refractivity contribution in [2.45, 2.75) is 38.4 Å². The Hall–Kier alpha value is -3.30. The normalized spacial score (nSPS) is 16.7. The zero-order chi connectivity index (χ0) is 26.8. The van der Waals surface area contributed by atoms with Crippen LogP contribution in [0.5, 0.6) is 0 Å². The number of hydrogen-bond donors (Lipinski definition) is 2. The van der Waals surface area contributed by atoms with Crippen LogP contribution in [0.15, 0.2) is 73.2 Å². The van der Waals surface area contributed by atoms with Gasteiger partial charge in [0.1, 0.15) is 0 Å². The molecule has 3 aromatic carbocycles. The number of rotatable bonds is 5. The van der Waals surface area contributed by atoms with E-state index in [1.807, 2.05) is 72.7 Å². The minimum absolute atomic E-state index is 0. The van der Waals surface area contributed by atoms with E-state index in [4.69, 9.17) is 0 Å². The summed E-state index contributed by atoms with van der Waals surface area (Å²) in [5.41, 5.74) is 4.56. The first-order valence-electron chi connectivity index (χ1n) is 13.7. The number of imidazole rings is 1. The van der Waals surface area contributed by atoms with Gasteiger partial charge in [-0.15, -0.1) is 37.2 Å². The SMILES string of the molecule is CN1CCCCC1C(=O)Nc1ccc2c(c1)N(Cc1cnc[nH]1)CCN(C(=O)c1cccc3ccccc13)C2.Cl.Cl.Cl. The fourth-order valence-corrected chi connectivity index (χ4v) is 5.84. The monoisotopic (exact) mass is 630 g/mol. The van der Waals surface area contributed by atoms with Gasteiger partial charge in [0.05, 0.1) is 24.6 Å². The van der Waals surface area contributed by atoms with Gasteiger partial charge < -0.3 is 20.1 Å². The lowest BCUT2D eigenvalue weighted by atomic mass is 10.0. The van der Waals surface area contributed by atoms with Gasteiger partial charge in [-0.05, 0) is 61.0 Å². The molecule has 42 heavy (non-hydrogen) atoms. The number of aromatic nitrogens is 2. The molecule has 1 unspecified atom stereocenters. The Morgan fingerprint density at radius 1 is 0.976 bits per heavy atom. The van der Waals surface area contributed by atoms with Gasteiger partial charge in [-0.3, -0.25) is 14.5 Å². The molecule has 3 heterocycles. The molecule has 6 rings (SSSR count). The van der Waals surface area contributed by atoms with E-state index in [2.05, 4.69) is 31.2 Å². The summed E-state index contributed by atoms with van der Waals surface area (Å²) in [7, 11) is 2.02. The molecule has 1 fully saturated rings. The third-order valence-electron chi connectivity index (χ3n) is 7.99. The molecule has 0 spiro atoms. The first-order valence-corrected chi connectivity index (χ1v) is 13.7. The fourth-order valence-electron chi connectivity index (χ4n) is 5.84. The zero-order valence-corrected chi connectivity index (χ0v) is 25.9. The molecule has 8 nitrogen and oxygen atoms in total. The van der Waals surface area contributed by atoms with Gasteiger partial charge in [0.15, 0.2) is 0 Å². The van der Waals surface area contributed by atoms with Crippen LogP contribution in [0.1, 0.15) is 40.9 Å². The van der Waals surface area contributed by atoms with E-state index in [0.29, 0.717) is 26.2 Å². The Labute approximate surface area is 265 Å². The number of likely N-dealkylation sites (tertiary alicyclic amines) is 1. The van der Waals surface area contributed by atoms with Crippen molar-refractivity contribution in [3.63, 3.8) is 0 Å². The molecule has 4 aromatic rings. The third-order valence-corrected chi connectivity index (χ3v) is 7.99. The van der Waals surface area contributed by atoms with E-state index in [-0.39, 0.29) is 55.1 Å². The van der Waals surface area contributed by atoms with Gasteiger partial charge in [0, 0.05) is 42.8 Å². The number of amides is 2. The number of carbonyl (C=O) groups excluding carboxylic acids is 2. The summed E-state index contributed by atoms with van der Waals surface area (Å²) in [5, 5.41) is 5.19. The predicted molar refractivity (Wildman–Crippen MR) is 175 cm³/mol. The predicted octanol–water partition coefficient (Wildman–Crippen LogP) is 5.91. The van der Waals surface area contributed by atoms with E-state index in [9.17, 15) is 9.59 Å². The van der Waals surface area contributed by atoms with Gasteiger partial charge >= 0.3 is 0 Å². The minimum atomic E-state index is -0.104. The molecular weight excluding hydrogens is 595 g/mol. The molecule has 0 radical (unpaired) electrons. The second-order valence-corrected chi connectivity index (χ2v) is 10.6. The maximum atomic E-state index is 13.8. The van der Waals surface area contributed by atoms with Crippen molar-refractivity contribution >= 4 is 71.2 Å². The lowest BCUT2D eigenvalue weighted by Gasteiger charge is -2.31. The molecule has 0 saturated carbocycles. The number of fused-ring (bicyclic) bond motifs is 2. The van der Waals surface area contributed by atoms with Crippen molar-refractivity contribution in [3.8, 4) is 0 Å². The summed E-state index contributed by atoms with van der Waals surface area (Å²) >= 11 is 0. The Morgan fingerprint density at radius 2 is 1.79 bits per heavy atom. The largest absolute Gasteiger partial charge is 0.364 e. The van der Waals surface area contributed by atoms with E-state index < -0.39 is 0 Å². The highest BCUT2D eigenvalue weighted by Crippen LogP contribution is 2.31. The Bertz CT molecular complexity index is 1490. The molecule has 1 aromatic heterocycles. The lowest BCUT2D eigenvalue weighted by molar-refractivity contribution is -0.121. The zero-order valence-electron chi connectivity index (χ0n) is 23.5. The van der Waals surface area contributed by atoms with E-state index in [0.717, 1.165) is 64.8 Å². The van der Waals surface area contributed by atoms with Crippen LogP contribution in [0, 0.1) is 0 Å². The van der Waals surface area contributed by atoms with Crippen molar-refractivity contribution in [2.75, 3.05) is 36.9 Å². The summed E-state index contributed by atoms with van der Waals surface area (Å²) < 4.78 is 0. The highest BCUT2D eigenvalue weighted by molar-refractivity contribution is 6.07. The van der Waals surface area contributed by atoms with Crippen molar-refractivity contribution in [3.05, 3.63) is 90.0 Å². The van der Waals surface area contributed by atoms with Gasteiger partial charge in [0.2, 0.25) is 5.91 Å². The van der Waals surface area contributed by atoms with E-state index in [1.165, 1.54) is 0 Å². The first kappa shape index (κ1) is 33.2. The van der Waals surface area contributed by atoms with Crippen molar-refractivity contribution in [1.82, 2.24) is 19.8 Å². The van der Waals surface area contributed by atoms with Crippen LogP contribution in [0.2, 0.25) is 0 Å². The highest BCUT2D eigenvalue weighted by atomic mass is 35.5. The Balaban J connectivity index is 0.00000161. The number of benzene rings is 3. The summed E-state index contributed by atoms with van der Waals surface area (Å²) in [6.07, 6.45) is 6.60. The number of anilines is 2. The van der Waals surface area contributed by atoms with E-state index in [1.54, 1.807) is 6.33 Å². The summed E-state index contributed by atoms with van der Waals surface area (Å²) in [6.45, 7) is 3.31. The van der Waals surface area contributed by atoms with Crippen molar-refractivity contribution < 1.29 is 9.59 Å². The standard InChI is InChI=1S/C31H34N6O2.3ClH/c1-35-14-5-4-11-28(35)30(38)34-24-13-12-23-19-37(16-15-36(29(23)17-24)20-25-18-32-21-33-25)31(39)27-10-6-8-22-7-2-3-9-26(22)27;;;/h2-3,6-10,12-13,17-18,21,28H,4-5,11,14-16,19-20H2,1H3,(H,32,33)(H,34,38);3*1H. The van der Waals surface area contributed by atoms with Crippen molar-refractivity contribution in [2.24, 2.45) is 0 Å². The van der Waals surface area contributed by atoms with Crippen LogP contribution in [0.3, 0.4) is 0 Å². The number of nitrogens with one attached hydrogen (secondary N) is 2. The van der Waals surface area contributed by atoms with Crippen LogP contribution in [0.4, 0.5) is 11.4 Å². The lowest BCUT2D eigenvalue weighted by Crippen LogP contribution is -2.44. The molecule has 11 heteroatoms. The van der Waals surface area contributed by atoms with Crippen molar-refractivity contribution in [1.29, 1.82) is 0 Å². The fraction of sp³-hybridized carbons (Fsp3) is 0.323. The molecule has 0 bridgehead atoms. The number of halogens is 3. The van der Waals surface area contributed by atoms with Crippen LogP contribution in [-0.2, 0) is 17.9 Å². The number of piperidine rings is 1. The molecule has 0 aliphatic carbocycles. The average Bonchev–Trinajstić information content (AvgIpc) is 3.41. The smallest absolute Gasteiger partial charge is 0.254 e. The molecular formula is C31H37Cl3N6O2. The molecule has 1 atom stereocenters. The Kier molecular flexibility index (Phi) is 11.7. The molecule has 2 N–H and O–H groups in total. The van der Waals surface area contributed by atoms with Gasteiger partial charge in [-0.2, -0.15) is 0 Å². The van der Waals surface area contributed by atoms with Crippen LogP contribution >= 0.6 is 37.2 Å². The first-order chi connectivity index (χ1) is 19.1. The molecule has 2 aliphatic heterocycles. The molecule has 2 aliphatic rings. The second kappa shape index (κ2) is 14.7. The maximum absolute atomic E-state index is 13.8.